The molecule has 0 spiro atoms. The summed E-state index contributed by atoms with van der Waals surface area (Å²) in [6, 6.07) is 7.52. The highest BCUT2D eigenvalue weighted by Gasteiger charge is 2.46. The molecule has 2 heterocycles. The van der Waals surface area contributed by atoms with Crippen molar-refractivity contribution in [1.29, 1.82) is 0 Å². The number of nitrogens with one attached hydrogen (secondary N) is 1. The van der Waals surface area contributed by atoms with E-state index in [1.165, 1.54) is 25.7 Å². The number of thioether (sulfide) groups is 1. The van der Waals surface area contributed by atoms with Gasteiger partial charge >= 0.3 is 6.09 Å². The van der Waals surface area contributed by atoms with Gasteiger partial charge in [0.25, 0.3) is 5.91 Å². The molecule has 4 aliphatic rings. The molecule has 5 rings (SSSR count). The maximum absolute atomic E-state index is 13.4. The van der Waals surface area contributed by atoms with Crippen LogP contribution in [0.15, 0.2) is 29.3 Å². The summed E-state index contributed by atoms with van der Waals surface area (Å²) in [5.41, 5.74) is 5.39. The van der Waals surface area contributed by atoms with Crippen molar-refractivity contribution >= 4 is 34.8 Å². The summed E-state index contributed by atoms with van der Waals surface area (Å²) in [5.74, 6) is 2.47. The Morgan fingerprint density at radius 1 is 1.20 bits per heavy atom. The molecular weight excluding hydrogens is 540 g/mol. The van der Waals surface area contributed by atoms with E-state index in [0.717, 1.165) is 30.3 Å². The molecule has 41 heavy (non-hydrogen) atoms. The largest absolute Gasteiger partial charge is 0.486 e. The fourth-order valence-corrected chi connectivity index (χ4v) is 8.01. The number of hydrogen-bond donors (Lipinski definition) is 2. The highest BCUT2D eigenvalue weighted by Crippen LogP contribution is 2.47. The first-order valence-corrected chi connectivity index (χ1v) is 15.8. The van der Waals surface area contributed by atoms with Crippen molar-refractivity contribution in [2.45, 2.75) is 89.5 Å². The zero-order valence-corrected chi connectivity index (χ0v) is 25.5. The average Bonchev–Trinajstić information content (AvgIpc) is 3.60. The lowest BCUT2D eigenvalue weighted by Gasteiger charge is -2.35. The summed E-state index contributed by atoms with van der Waals surface area (Å²) in [7, 11) is 0. The van der Waals surface area contributed by atoms with E-state index in [1.54, 1.807) is 36.0 Å². The fraction of sp³-hybridized carbons (Fsp3) is 0.677. The molecule has 1 aromatic carbocycles. The molecule has 2 bridgehead atoms. The van der Waals surface area contributed by atoms with Gasteiger partial charge in [0, 0.05) is 24.1 Å². The number of primary amides is 1. The number of rotatable bonds is 8. The molecule has 0 aromatic heterocycles. The Hall–Kier alpha value is -2.75. The van der Waals surface area contributed by atoms with Crippen LogP contribution in [-0.2, 0) is 9.53 Å². The quantitative estimate of drug-likeness (QED) is 0.444. The number of piperidine rings is 1. The number of aliphatic imine (C=N–C) groups is 1. The molecule has 10 heteroatoms. The Labute approximate surface area is 247 Å². The molecule has 3 amide bonds. The highest BCUT2D eigenvalue weighted by molar-refractivity contribution is 8.16. The number of likely N-dealkylation sites (tertiary alicyclic amines) is 1. The van der Waals surface area contributed by atoms with Crippen molar-refractivity contribution in [2.24, 2.45) is 33.9 Å². The maximum Gasteiger partial charge on any atom is 0.404 e. The third-order valence-electron chi connectivity index (χ3n) is 9.29. The standard InChI is InChI=1S/C31H44N4O5S/c1-30(2,3)25(18-39-28(32)38)40-23-7-5-6-22(16-23)26(36)35-12-10-19(11-13-35)17-31(4)27(37)34-29(41-31)33-24-15-20-8-9-21(24)14-20/h5-7,16,19-21,24-25H,8-15,17-18H2,1-4H3,(H2,32,38)(H,33,34,37)/t20?,21?,24-,25?,31?/m0/s1. The Kier molecular flexibility index (Phi) is 8.60. The molecule has 2 aliphatic heterocycles. The molecule has 2 saturated carbocycles. The normalized spacial score (nSPS) is 30.0. The van der Waals surface area contributed by atoms with Gasteiger partial charge in [0.2, 0.25) is 5.91 Å². The van der Waals surface area contributed by atoms with Gasteiger partial charge in [-0.05, 0) is 81.4 Å². The number of nitrogens with zero attached hydrogens (tertiary/aromatic N) is 2. The Morgan fingerprint density at radius 2 is 1.95 bits per heavy atom. The number of nitrogens with two attached hydrogens (primary N) is 1. The lowest BCUT2D eigenvalue weighted by atomic mass is 9.87. The van der Waals surface area contributed by atoms with Crippen LogP contribution in [-0.4, -0.2) is 64.6 Å². The third kappa shape index (κ3) is 7.01. The van der Waals surface area contributed by atoms with Gasteiger partial charge in [-0.15, -0.1) is 0 Å². The minimum atomic E-state index is -0.847. The van der Waals surface area contributed by atoms with Gasteiger partial charge in [0.15, 0.2) is 5.17 Å². The van der Waals surface area contributed by atoms with Crippen LogP contribution in [0.5, 0.6) is 5.75 Å². The summed E-state index contributed by atoms with van der Waals surface area (Å²) in [6.07, 6.45) is 6.32. The molecule has 224 valence electrons. The van der Waals surface area contributed by atoms with E-state index in [1.807, 2.05) is 32.6 Å². The van der Waals surface area contributed by atoms with E-state index >= 15 is 0 Å². The van der Waals surface area contributed by atoms with E-state index in [2.05, 4.69) is 5.32 Å². The summed E-state index contributed by atoms with van der Waals surface area (Å²) in [4.78, 5) is 44.4. The van der Waals surface area contributed by atoms with Crippen LogP contribution < -0.4 is 15.8 Å². The number of amidine groups is 1. The minimum absolute atomic E-state index is 0.0225. The lowest BCUT2D eigenvalue weighted by Crippen LogP contribution is -2.42. The van der Waals surface area contributed by atoms with Crippen LogP contribution in [0.3, 0.4) is 0 Å². The Balaban J connectivity index is 1.14. The molecule has 3 N–H and O–H groups in total. The second-order valence-electron chi connectivity index (χ2n) is 13.5. The van der Waals surface area contributed by atoms with Crippen molar-refractivity contribution in [2.75, 3.05) is 19.7 Å². The topological polar surface area (TPSA) is 123 Å². The van der Waals surface area contributed by atoms with E-state index in [0.29, 0.717) is 42.3 Å². The molecule has 5 atom stereocenters. The van der Waals surface area contributed by atoms with Crippen LogP contribution >= 0.6 is 11.8 Å². The minimum Gasteiger partial charge on any atom is -0.486 e. The van der Waals surface area contributed by atoms with Crippen LogP contribution in [0.1, 0.15) is 83.0 Å². The summed E-state index contributed by atoms with van der Waals surface area (Å²) < 4.78 is 10.6. The maximum atomic E-state index is 13.4. The molecular formula is C31H44N4O5S. The van der Waals surface area contributed by atoms with Gasteiger partial charge in [-0.2, -0.15) is 0 Å². The van der Waals surface area contributed by atoms with E-state index in [-0.39, 0.29) is 23.8 Å². The van der Waals surface area contributed by atoms with Gasteiger partial charge in [0.1, 0.15) is 18.5 Å². The van der Waals surface area contributed by atoms with Crippen LogP contribution in [0.4, 0.5) is 4.79 Å². The Bertz CT molecular complexity index is 1190. The second kappa shape index (κ2) is 11.9. The summed E-state index contributed by atoms with van der Waals surface area (Å²) >= 11 is 1.61. The zero-order chi connectivity index (χ0) is 29.4. The number of benzene rings is 1. The smallest absolute Gasteiger partial charge is 0.404 e. The fourth-order valence-electron chi connectivity index (χ4n) is 6.79. The van der Waals surface area contributed by atoms with E-state index in [4.69, 9.17) is 20.2 Å². The number of hydrogen-bond acceptors (Lipinski definition) is 7. The molecule has 2 saturated heterocycles. The lowest BCUT2D eigenvalue weighted by molar-refractivity contribution is -0.121. The van der Waals surface area contributed by atoms with Crippen molar-refractivity contribution < 1.29 is 23.9 Å². The second-order valence-corrected chi connectivity index (χ2v) is 15.0. The molecule has 0 radical (unpaired) electrons. The molecule has 2 aliphatic carbocycles. The van der Waals surface area contributed by atoms with E-state index in [9.17, 15) is 14.4 Å². The van der Waals surface area contributed by atoms with E-state index < -0.39 is 16.9 Å². The van der Waals surface area contributed by atoms with Gasteiger partial charge in [-0.3, -0.25) is 14.6 Å². The van der Waals surface area contributed by atoms with Crippen LogP contribution in [0.25, 0.3) is 0 Å². The SMILES string of the molecule is CC1(CC2CCN(C(=O)c3cccc(OC(COC(N)=O)C(C)(C)C)c3)CC2)SC(=N[C@H]2CC3CCC2C3)NC1=O. The van der Waals surface area contributed by atoms with Crippen molar-refractivity contribution in [3.63, 3.8) is 0 Å². The third-order valence-corrected chi connectivity index (χ3v) is 10.5. The number of amides is 3. The van der Waals surface area contributed by atoms with Gasteiger partial charge in [-0.1, -0.05) is 45.0 Å². The zero-order valence-electron chi connectivity index (χ0n) is 24.7. The van der Waals surface area contributed by atoms with Crippen molar-refractivity contribution in [1.82, 2.24) is 10.2 Å². The predicted molar refractivity (Wildman–Crippen MR) is 160 cm³/mol. The first-order chi connectivity index (χ1) is 19.4. The first-order valence-electron chi connectivity index (χ1n) is 15.0. The summed E-state index contributed by atoms with van der Waals surface area (Å²) in [6.45, 7) is 9.33. The predicted octanol–water partition coefficient (Wildman–Crippen LogP) is 4.98. The number of ether oxygens (including phenoxy) is 2. The molecule has 4 fully saturated rings. The molecule has 9 nitrogen and oxygen atoms in total. The van der Waals surface area contributed by atoms with Gasteiger partial charge < -0.3 is 25.4 Å². The van der Waals surface area contributed by atoms with Gasteiger partial charge in [0.05, 0.1) is 10.8 Å². The first kappa shape index (κ1) is 29.7. The number of carbonyl (C=O) groups is 3. The van der Waals surface area contributed by atoms with Crippen LogP contribution in [0, 0.1) is 23.2 Å². The molecule has 4 unspecified atom stereocenters. The van der Waals surface area contributed by atoms with Crippen LogP contribution in [0.2, 0.25) is 0 Å². The number of carbonyl (C=O) groups excluding carboxylic acids is 3. The summed E-state index contributed by atoms with van der Waals surface area (Å²) in [5, 5.41) is 3.88. The average molecular weight is 585 g/mol. The Morgan fingerprint density at radius 3 is 2.59 bits per heavy atom. The van der Waals surface area contributed by atoms with Gasteiger partial charge in [-0.25, -0.2) is 4.79 Å². The van der Waals surface area contributed by atoms with Crippen molar-refractivity contribution in [3.05, 3.63) is 29.8 Å². The van der Waals surface area contributed by atoms with Crippen molar-refractivity contribution in [3.8, 4) is 5.75 Å². The number of fused-ring (bicyclic) bond motifs is 2. The highest BCUT2D eigenvalue weighted by atomic mass is 32.2. The molecule has 1 aromatic rings. The monoisotopic (exact) mass is 584 g/mol.